The molecule has 2 N–H and O–H groups in total. The molecule has 2 rings (SSSR count). The summed E-state index contributed by atoms with van der Waals surface area (Å²) >= 11 is 0. The van der Waals surface area contributed by atoms with Crippen molar-refractivity contribution < 1.29 is 18.3 Å². The van der Waals surface area contributed by atoms with E-state index in [1.165, 1.54) is 0 Å². The second kappa shape index (κ2) is 2.66. The van der Waals surface area contributed by atoms with Gasteiger partial charge in [-0.15, -0.1) is 0 Å². The Morgan fingerprint density at radius 1 is 1.43 bits per heavy atom. The van der Waals surface area contributed by atoms with Gasteiger partial charge < -0.3 is 10.4 Å². The zero-order valence-corrected chi connectivity index (χ0v) is 7.73. The molecular weight excluding hydrogens is 195 g/mol. The van der Waals surface area contributed by atoms with E-state index < -0.39 is 11.8 Å². The zero-order chi connectivity index (χ0) is 10.6. The fourth-order valence-corrected chi connectivity index (χ4v) is 1.80. The SMILES string of the molecule is CC(O)(/C=C1/NC2CCC12)C(F)(F)F. The summed E-state index contributed by atoms with van der Waals surface area (Å²) in [5.74, 6) is 0.226. The smallest absolute Gasteiger partial charge is 0.385 e. The summed E-state index contributed by atoms with van der Waals surface area (Å²) in [6.07, 6.45) is -1.75. The summed E-state index contributed by atoms with van der Waals surface area (Å²) in [6, 6.07) is 0.352. The fourth-order valence-electron chi connectivity index (χ4n) is 1.80. The molecule has 0 aromatic rings. The van der Waals surface area contributed by atoms with Crippen molar-refractivity contribution in [1.82, 2.24) is 5.32 Å². The molecular formula is C9H12F3NO. The Balaban J connectivity index is 2.09. The van der Waals surface area contributed by atoms with Crippen LogP contribution >= 0.6 is 0 Å². The first-order valence-corrected chi connectivity index (χ1v) is 4.60. The lowest BCUT2D eigenvalue weighted by molar-refractivity contribution is -0.233. The molecule has 0 amide bonds. The lowest BCUT2D eigenvalue weighted by Crippen LogP contribution is -2.58. The minimum absolute atomic E-state index is 0.226. The maximum atomic E-state index is 12.3. The van der Waals surface area contributed by atoms with Crippen molar-refractivity contribution in [2.45, 2.75) is 37.6 Å². The summed E-state index contributed by atoms with van der Waals surface area (Å²) in [7, 11) is 0. The molecule has 2 fully saturated rings. The summed E-state index contributed by atoms with van der Waals surface area (Å²) in [4.78, 5) is 0. The van der Waals surface area contributed by atoms with Crippen LogP contribution in [0.25, 0.3) is 0 Å². The van der Waals surface area contributed by atoms with E-state index in [2.05, 4.69) is 5.32 Å². The molecule has 1 saturated heterocycles. The lowest BCUT2D eigenvalue weighted by Gasteiger charge is -2.51. The largest absolute Gasteiger partial charge is 0.420 e. The van der Waals surface area contributed by atoms with Crippen molar-refractivity contribution in [1.29, 1.82) is 0 Å². The number of aliphatic hydroxyl groups is 1. The lowest BCUT2D eigenvalue weighted by atomic mass is 9.70. The second-order valence-electron chi connectivity index (χ2n) is 4.18. The number of hydrogen-bond acceptors (Lipinski definition) is 2. The Bertz CT molecular complexity index is 282. The van der Waals surface area contributed by atoms with Crippen LogP contribution in [0.2, 0.25) is 0 Å². The van der Waals surface area contributed by atoms with Crippen LogP contribution in [0.15, 0.2) is 11.8 Å². The van der Waals surface area contributed by atoms with Gasteiger partial charge in [0.2, 0.25) is 0 Å². The van der Waals surface area contributed by atoms with Gasteiger partial charge in [0.05, 0.1) is 0 Å². The third kappa shape index (κ3) is 1.30. The number of fused-ring (bicyclic) bond motifs is 1. The Morgan fingerprint density at radius 2 is 2.07 bits per heavy atom. The number of alkyl halides is 3. The van der Waals surface area contributed by atoms with Gasteiger partial charge in [0.15, 0.2) is 5.60 Å². The topological polar surface area (TPSA) is 32.3 Å². The molecule has 80 valence electrons. The second-order valence-corrected chi connectivity index (χ2v) is 4.18. The molecule has 1 aliphatic carbocycles. The van der Waals surface area contributed by atoms with Crippen LogP contribution in [0.3, 0.4) is 0 Å². The van der Waals surface area contributed by atoms with Crippen molar-refractivity contribution in [3.05, 3.63) is 11.8 Å². The number of halogens is 3. The standard InChI is InChI=1S/C9H12F3NO/c1-8(14,9(10,11)12)4-7-5-2-3-6(5)13-7/h4-6,13-14H,2-3H2,1H3/b7-4+. The number of hydrogen-bond donors (Lipinski definition) is 2. The molecule has 0 spiro atoms. The quantitative estimate of drug-likeness (QED) is 0.684. The van der Waals surface area contributed by atoms with Crippen molar-refractivity contribution in [2.75, 3.05) is 0 Å². The highest BCUT2D eigenvalue weighted by molar-refractivity contribution is 5.27. The van der Waals surface area contributed by atoms with E-state index in [0.29, 0.717) is 11.7 Å². The van der Waals surface area contributed by atoms with Crippen LogP contribution in [0.1, 0.15) is 19.8 Å². The minimum Gasteiger partial charge on any atom is -0.385 e. The highest BCUT2D eigenvalue weighted by Crippen LogP contribution is 2.43. The fraction of sp³-hybridized carbons (Fsp3) is 0.778. The molecule has 0 bridgehead atoms. The van der Waals surface area contributed by atoms with Crippen LogP contribution in [-0.4, -0.2) is 22.9 Å². The summed E-state index contributed by atoms with van der Waals surface area (Å²) < 4.78 is 36.8. The van der Waals surface area contributed by atoms with Crippen LogP contribution in [-0.2, 0) is 0 Å². The average molecular weight is 207 g/mol. The summed E-state index contributed by atoms with van der Waals surface area (Å²) in [6.45, 7) is 0.772. The van der Waals surface area contributed by atoms with Crippen molar-refractivity contribution in [3.63, 3.8) is 0 Å². The molecule has 5 heteroatoms. The van der Waals surface area contributed by atoms with Gasteiger partial charge in [0.25, 0.3) is 0 Å². The molecule has 2 nitrogen and oxygen atoms in total. The van der Waals surface area contributed by atoms with E-state index in [1.54, 1.807) is 0 Å². The van der Waals surface area contributed by atoms with Gasteiger partial charge in [0.1, 0.15) is 0 Å². The van der Waals surface area contributed by atoms with Crippen LogP contribution in [0.5, 0.6) is 0 Å². The van der Waals surface area contributed by atoms with Gasteiger partial charge in [-0.1, -0.05) is 0 Å². The van der Waals surface area contributed by atoms with E-state index in [-0.39, 0.29) is 5.92 Å². The van der Waals surface area contributed by atoms with E-state index in [1.807, 2.05) is 0 Å². The predicted molar refractivity (Wildman–Crippen MR) is 44.4 cm³/mol. The Labute approximate surface area is 79.8 Å². The molecule has 0 radical (unpaired) electrons. The Morgan fingerprint density at radius 3 is 2.36 bits per heavy atom. The van der Waals surface area contributed by atoms with Gasteiger partial charge in [-0.3, -0.25) is 0 Å². The average Bonchev–Trinajstić information content (AvgIpc) is 1.96. The Hall–Kier alpha value is -0.710. The van der Waals surface area contributed by atoms with E-state index in [0.717, 1.165) is 25.8 Å². The minimum atomic E-state index is -4.60. The van der Waals surface area contributed by atoms with Gasteiger partial charge >= 0.3 is 6.18 Å². The van der Waals surface area contributed by atoms with E-state index >= 15 is 0 Å². The third-order valence-electron chi connectivity index (χ3n) is 3.04. The molecule has 14 heavy (non-hydrogen) atoms. The molecule has 0 aromatic carbocycles. The number of piperidine rings is 1. The van der Waals surface area contributed by atoms with Crippen LogP contribution in [0.4, 0.5) is 13.2 Å². The van der Waals surface area contributed by atoms with Gasteiger partial charge in [-0.2, -0.15) is 13.2 Å². The molecule has 0 aromatic heterocycles. The van der Waals surface area contributed by atoms with Gasteiger partial charge in [0, 0.05) is 17.7 Å². The van der Waals surface area contributed by atoms with Crippen LogP contribution in [0, 0.1) is 5.92 Å². The molecule has 1 heterocycles. The van der Waals surface area contributed by atoms with E-state index in [4.69, 9.17) is 0 Å². The first-order valence-electron chi connectivity index (χ1n) is 4.60. The molecule has 1 saturated carbocycles. The normalized spacial score (nSPS) is 37.6. The summed E-state index contributed by atoms with van der Waals surface area (Å²) in [5.41, 5.74) is -2.17. The maximum absolute atomic E-state index is 12.3. The maximum Gasteiger partial charge on any atom is 0.420 e. The molecule has 3 atom stereocenters. The van der Waals surface area contributed by atoms with Gasteiger partial charge in [-0.05, 0) is 25.8 Å². The summed E-state index contributed by atoms with van der Waals surface area (Å²) in [5, 5.41) is 12.1. The number of nitrogens with one attached hydrogen (secondary N) is 1. The van der Waals surface area contributed by atoms with Gasteiger partial charge in [-0.25, -0.2) is 0 Å². The monoisotopic (exact) mass is 207 g/mol. The zero-order valence-electron chi connectivity index (χ0n) is 7.73. The van der Waals surface area contributed by atoms with Crippen molar-refractivity contribution >= 4 is 0 Å². The third-order valence-corrected chi connectivity index (χ3v) is 3.04. The van der Waals surface area contributed by atoms with E-state index in [9.17, 15) is 18.3 Å². The van der Waals surface area contributed by atoms with Crippen LogP contribution < -0.4 is 5.32 Å². The first-order chi connectivity index (χ1) is 6.31. The predicted octanol–water partition coefficient (Wildman–Crippen LogP) is 1.57. The Kier molecular flexibility index (Phi) is 1.86. The molecule has 3 unspecified atom stereocenters. The first kappa shape index (κ1) is 9.83. The molecule has 1 aliphatic heterocycles. The van der Waals surface area contributed by atoms with Crippen molar-refractivity contribution in [3.8, 4) is 0 Å². The number of rotatable bonds is 1. The highest BCUT2D eigenvalue weighted by atomic mass is 19.4. The van der Waals surface area contributed by atoms with Crippen molar-refractivity contribution in [2.24, 2.45) is 5.92 Å². The highest BCUT2D eigenvalue weighted by Gasteiger charge is 2.51. The molecule has 2 aliphatic rings.